The van der Waals surface area contributed by atoms with Crippen LogP contribution in [0.3, 0.4) is 0 Å². The monoisotopic (exact) mass is 320 g/mol. The number of rotatable bonds is 3. The van der Waals surface area contributed by atoms with Crippen LogP contribution in [0.4, 0.5) is 5.82 Å². The number of halogens is 1. The highest BCUT2D eigenvalue weighted by molar-refractivity contribution is 7.13. The van der Waals surface area contributed by atoms with E-state index in [9.17, 15) is 0 Å². The molecule has 3 rings (SSSR count). The van der Waals surface area contributed by atoms with Crippen molar-refractivity contribution in [3.8, 4) is 10.8 Å². The van der Waals surface area contributed by atoms with Gasteiger partial charge in [0.1, 0.15) is 11.0 Å². The van der Waals surface area contributed by atoms with Crippen LogP contribution in [0.1, 0.15) is 31.9 Å². The number of hydrogen-bond acceptors (Lipinski definition) is 5. The molecule has 1 aliphatic carbocycles. The van der Waals surface area contributed by atoms with E-state index in [1.165, 1.54) is 16.9 Å². The van der Waals surface area contributed by atoms with Gasteiger partial charge in [0.25, 0.3) is 0 Å². The Kier molecular flexibility index (Phi) is 4.22. The van der Waals surface area contributed by atoms with Crippen LogP contribution in [0.25, 0.3) is 10.8 Å². The summed E-state index contributed by atoms with van der Waals surface area (Å²) in [5.74, 6) is 1.36. The third-order valence-electron chi connectivity index (χ3n) is 3.50. The fraction of sp³-hybridized carbons (Fsp3) is 0.400. The molecule has 110 valence electrons. The molecule has 1 atom stereocenters. The smallest absolute Gasteiger partial charge is 0.192 e. The third-order valence-corrected chi connectivity index (χ3v) is 4.64. The first kappa shape index (κ1) is 14.5. The molecule has 4 nitrogen and oxygen atoms in total. The molecule has 0 aliphatic heterocycles. The van der Waals surface area contributed by atoms with Gasteiger partial charge < -0.3 is 5.32 Å². The Morgan fingerprint density at radius 1 is 1.29 bits per heavy atom. The summed E-state index contributed by atoms with van der Waals surface area (Å²) in [6.45, 7) is 4.14. The van der Waals surface area contributed by atoms with Crippen molar-refractivity contribution >= 4 is 28.8 Å². The molecule has 1 unspecified atom stereocenters. The molecule has 0 spiro atoms. The maximum atomic E-state index is 6.12. The van der Waals surface area contributed by atoms with Gasteiger partial charge in [-0.3, -0.25) is 0 Å². The van der Waals surface area contributed by atoms with Gasteiger partial charge in [-0.15, -0.1) is 11.3 Å². The molecule has 6 heteroatoms. The van der Waals surface area contributed by atoms with Crippen molar-refractivity contribution < 1.29 is 0 Å². The summed E-state index contributed by atoms with van der Waals surface area (Å²) in [6, 6.07) is 2.18. The maximum absolute atomic E-state index is 6.12. The number of nitrogens with zero attached hydrogens (tertiary/aromatic N) is 3. The Bertz CT molecular complexity index is 680. The van der Waals surface area contributed by atoms with Crippen LogP contribution in [0.2, 0.25) is 5.15 Å². The van der Waals surface area contributed by atoms with Crippen LogP contribution in [0.5, 0.6) is 0 Å². The molecule has 1 N–H and O–H groups in total. The minimum atomic E-state index is 0.408. The van der Waals surface area contributed by atoms with E-state index < -0.39 is 0 Å². The number of aryl methyl sites for hydroxylation is 1. The molecule has 2 heterocycles. The third kappa shape index (κ3) is 3.60. The summed E-state index contributed by atoms with van der Waals surface area (Å²) in [4.78, 5) is 13.2. The van der Waals surface area contributed by atoms with E-state index >= 15 is 0 Å². The average Bonchev–Trinajstić information content (AvgIpc) is 2.88. The van der Waals surface area contributed by atoms with E-state index in [0.29, 0.717) is 17.0 Å². The summed E-state index contributed by atoms with van der Waals surface area (Å²) in [6.07, 6.45) is 5.57. The van der Waals surface area contributed by atoms with Crippen molar-refractivity contribution in [2.75, 3.05) is 5.32 Å². The lowest BCUT2D eigenvalue weighted by Crippen LogP contribution is -2.22. The summed E-state index contributed by atoms with van der Waals surface area (Å²) < 4.78 is 0. The second kappa shape index (κ2) is 6.12. The lowest BCUT2D eigenvalue weighted by molar-refractivity contribution is 0.623. The zero-order chi connectivity index (χ0) is 14.8. The fourth-order valence-electron chi connectivity index (χ4n) is 2.35. The van der Waals surface area contributed by atoms with Crippen molar-refractivity contribution in [3.05, 3.63) is 33.9 Å². The molecule has 0 bridgehead atoms. The van der Waals surface area contributed by atoms with Gasteiger partial charge in [0.15, 0.2) is 10.8 Å². The molecule has 21 heavy (non-hydrogen) atoms. The van der Waals surface area contributed by atoms with Crippen LogP contribution >= 0.6 is 22.9 Å². The average molecular weight is 321 g/mol. The number of nitrogens with one attached hydrogen (secondary N) is 1. The van der Waals surface area contributed by atoms with Gasteiger partial charge in [-0.1, -0.05) is 23.3 Å². The SMILES string of the molecule is CC1=CCC(Nc2cc(Cl)nc(-c3nc(C)cs3)n2)CC1. The van der Waals surface area contributed by atoms with E-state index in [-0.39, 0.29) is 0 Å². The number of hydrogen-bond donors (Lipinski definition) is 1. The zero-order valence-electron chi connectivity index (χ0n) is 12.1. The maximum Gasteiger partial charge on any atom is 0.192 e. The number of anilines is 1. The largest absolute Gasteiger partial charge is 0.367 e. The molecule has 0 fully saturated rings. The van der Waals surface area contributed by atoms with Gasteiger partial charge in [-0.2, -0.15) is 0 Å². The van der Waals surface area contributed by atoms with Gasteiger partial charge in [0, 0.05) is 23.2 Å². The second-order valence-corrected chi connectivity index (χ2v) is 6.61. The summed E-state index contributed by atoms with van der Waals surface area (Å²) in [5, 5.41) is 6.69. The molecular formula is C15H17ClN4S. The summed E-state index contributed by atoms with van der Waals surface area (Å²) in [5.41, 5.74) is 2.44. The highest BCUT2D eigenvalue weighted by Crippen LogP contribution is 2.25. The highest BCUT2D eigenvalue weighted by Gasteiger charge is 2.15. The molecule has 0 aromatic carbocycles. The predicted molar refractivity (Wildman–Crippen MR) is 87.9 cm³/mol. The van der Waals surface area contributed by atoms with Crippen LogP contribution in [0.15, 0.2) is 23.1 Å². The highest BCUT2D eigenvalue weighted by atomic mass is 35.5. The van der Waals surface area contributed by atoms with Crippen molar-refractivity contribution in [1.29, 1.82) is 0 Å². The first-order chi connectivity index (χ1) is 10.1. The normalized spacial score (nSPS) is 18.4. The van der Waals surface area contributed by atoms with E-state index in [1.54, 1.807) is 6.07 Å². The Morgan fingerprint density at radius 3 is 2.81 bits per heavy atom. The molecular weight excluding hydrogens is 304 g/mol. The standard InChI is InChI=1S/C15H17ClN4S/c1-9-3-5-11(6-4-9)18-13-7-12(16)19-14(20-13)15-17-10(2)8-21-15/h3,7-8,11H,4-6H2,1-2H3,(H,18,19,20). The Morgan fingerprint density at radius 2 is 2.14 bits per heavy atom. The Hall–Kier alpha value is -1.46. The minimum Gasteiger partial charge on any atom is -0.367 e. The van der Waals surface area contributed by atoms with Crippen LogP contribution in [-0.2, 0) is 0 Å². The van der Waals surface area contributed by atoms with E-state index in [2.05, 4.69) is 33.3 Å². The molecule has 2 aromatic rings. The van der Waals surface area contributed by atoms with Gasteiger partial charge in [-0.05, 0) is 33.1 Å². The lowest BCUT2D eigenvalue weighted by Gasteiger charge is -2.22. The van der Waals surface area contributed by atoms with E-state index in [4.69, 9.17) is 11.6 Å². The van der Waals surface area contributed by atoms with Crippen molar-refractivity contribution in [1.82, 2.24) is 15.0 Å². The molecule has 0 saturated heterocycles. The van der Waals surface area contributed by atoms with Crippen molar-refractivity contribution in [2.24, 2.45) is 0 Å². The van der Waals surface area contributed by atoms with Crippen molar-refractivity contribution in [3.63, 3.8) is 0 Å². The molecule has 2 aromatic heterocycles. The molecule has 0 amide bonds. The van der Waals surface area contributed by atoms with Crippen LogP contribution in [0, 0.1) is 6.92 Å². The lowest BCUT2D eigenvalue weighted by atomic mass is 9.96. The molecule has 0 saturated carbocycles. The van der Waals surface area contributed by atoms with Crippen LogP contribution in [-0.4, -0.2) is 21.0 Å². The number of aromatic nitrogens is 3. The predicted octanol–water partition coefficient (Wildman–Crippen LogP) is 4.47. The summed E-state index contributed by atoms with van der Waals surface area (Å²) >= 11 is 7.66. The van der Waals surface area contributed by atoms with Crippen molar-refractivity contribution in [2.45, 2.75) is 39.2 Å². The second-order valence-electron chi connectivity index (χ2n) is 5.36. The van der Waals surface area contributed by atoms with Crippen LogP contribution < -0.4 is 5.32 Å². The number of thiazole rings is 1. The Labute approximate surface area is 133 Å². The number of allylic oxidation sites excluding steroid dienone is 1. The molecule has 0 radical (unpaired) electrons. The van der Waals surface area contributed by atoms with Gasteiger partial charge in [-0.25, -0.2) is 15.0 Å². The quantitative estimate of drug-likeness (QED) is 0.669. The van der Waals surface area contributed by atoms with Gasteiger partial charge in [0.2, 0.25) is 0 Å². The van der Waals surface area contributed by atoms with E-state index in [1.807, 2.05) is 12.3 Å². The Balaban J connectivity index is 1.81. The summed E-state index contributed by atoms with van der Waals surface area (Å²) in [7, 11) is 0. The first-order valence-electron chi connectivity index (χ1n) is 6.99. The van der Waals surface area contributed by atoms with E-state index in [0.717, 1.165) is 35.8 Å². The first-order valence-corrected chi connectivity index (χ1v) is 8.25. The topological polar surface area (TPSA) is 50.7 Å². The molecule has 1 aliphatic rings. The zero-order valence-corrected chi connectivity index (χ0v) is 13.6. The van der Waals surface area contributed by atoms with Gasteiger partial charge in [0.05, 0.1) is 0 Å². The van der Waals surface area contributed by atoms with Gasteiger partial charge >= 0.3 is 0 Å². The minimum absolute atomic E-state index is 0.408. The fourth-order valence-corrected chi connectivity index (χ4v) is 3.26.